The molecule has 34 heavy (non-hydrogen) atoms. The standard InChI is InChI=1S/C27H27BrN2O4/c1-3-7-22(25-17(2)8-6-11-24(25)31)29-19-14-12-18(13-15-19)16-23(27(33)34)30-26(32)20-9-4-5-10-21(20)28/h4-15,23,29,31H,3,16H2,1-2H3,(H,30,32)(H,33,34)/b22-7+. The first-order chi connectivity index (χ1) is 16.3. The van der Waals surface area contributed by atoms with Crippen LogP contribution in [0.15, 0.2) is 77.3 Å². The fourth-order valence-corrected chi connectivity index (χ4v) is 4.08. The second-order valence-corrected chi connectivity index (χ2v) is 8.72. The summed E-state index contributed by atoms with van der Waals surface area (Å²) in [6, 6.07) is 18.5. The normalized spacial score (nSPS) is 12.1. The molecule has 0 bridgehead atoms. The molecule has 0 fully saturated rings. The molecule has 0 aliphatic carbocycles. The van der Waals surface area contributed by atoms with Crippen LogP contribution in [0.5, 0.6) is 5.75 Å². The van der Waals surface area contributed by atoms with E-state index in [4.69, 9.17) is 0 Å². The molecular formula is C27H27BrN2O4. The molecule has 0 radical (unpaired) electrons. The van der Waals surface area contributed by atoms with E-state index in [1.165, 1.54) is 0 Å². The van der Waals surface area contributed by atoms with E-state index < -0.39 is 17.9 Å². The maximum atomic E-state index is 12.6. The largest absolute Gasteiger partial charge is 0.507 e. The number of halogens is 1. The van der Waals surface area contributed by atoms with Crippen LogP contribution in [-0.2, 0) is 11.2 Å². The third kappa shape index (κ3) is 6.26. The highest BCUT2D eigenvalue weighted by Crippen LogP contribution is 2.30. The maximum absolute atomic E-state index is 12.6. The quantitative estimate of drug-likeness (QED) is 0.286. The highest BCUT2D eigenvalue weighted by molar-refractivity contribution is 9.10. The van der Waals surface area contributed by atoms with E-state index in [-0.39, 0.29) is 12.2 Å². The number of carboxylic acid groups (broad SMARTS) is 1. The van der Waals surface area contributed by atoms with Gasteiger partial charge in [0, 0.05) is 27.8 Å². The molecule has 6 nitrogen and oxygen atoms in total. The Balaban J connectivity index is 1.73. The van der Waals surface area contributed by atoms with Crippen molar-refractivity contribution < 1.29 is 19.8 Å². The molecule has 4 N–H and O–H groups in total. The number of phenolic OH excluding ortho intramolecular Hbond substituents is 1. The summed E-state index contributed by atoms with van der Waals surface area (Å²) in [5, 5.41) is 25.9. The van der Waals surface area contributed by atoms with Crippen LogP contribution in [0.25, 0.3) is 5.70 Å². The number of hydrogen-bond donors (Lipinski definition) is 4. The highest BCUT2D eigenvalue weighted by atomic mass is 79.9. The summed E-state index contributed by atoms with van der Waals surface area (Å²) in [5.74, 6) is -1.36. The van der Waals surface area contributed by atoms with E-state index in [9.17, 15) is 19.8 Å². The second-order valence-electron chi connectivity index (χ2n) is 7.87. The third-order valence-electron chi connectivity index (χ3n) is 5.32. The topological polar surface area (TPSA) is 98.7 Å². The summed E-state index contributed by atoms with van der Waals surface area (Å²) >= 11 is 3.32. The first kappa shape index (κ1) is 25.1. The number of nitrogens with one attached hydrogen (secondary N) is 2. The van der Waals surface area contributed by atoms with Crippen LogP contribution in [0.3, 0.4) is 0 Å². The molecule has 0 saturated heterocycles. The van der Waals surface area contributed by atoms with Crippen LogP contribution in [0.4, 0.5) is 5.69 Å². The molecule has 0 aliphatic heterocycles. The number of aromatic hydroxyl groups is 1. The molecule has 0 spiro atoms. The van der Waals surface area contributed by atoms with E-state index in [2.05, 4.69) is 26.6 Å². The smallest absolute Gasteiger partial charge is 0.326 e. The molecule has 0 aliphatic rings. The molecule has 1 unspecified atom stereocenters. The van der Waals surface area contributed by atoms with E-state index in [1.54, 1.807) is 36.4 Å². The van der Waals surface area contributed by atoms with Gasteiger partial charge < -0.3 is 20.8 Å². The monoisotopic (exact) mass is 522 g/mol. The Morgan fingerprint density at radius 2 is 1.74 bits per heavy atom. The van der Waals surface area contributed by atoms with Crippen molar-refractivity contribution in [1.29, 1.82) is 0 Å². The first-order valence-electron chi connectivity index (χ1n) is 10.9. The van der Waals surface area contributed by atoms with Gasteiger partial charge in [0.15, 0.2) is 0 Å². The fourth-order valence-electron chi connectivity index (χ4n) is 3.62. The predicted molar refractivity (Wildman–Crippen MR) is 138 cm³/mol. The molecule has 176 valence electrons. The van der Waals surface area contributed by atoms with Crippen molar-refractivity contribution in [2.24, 2.45) is 0 Å². The Morgan fingerprint density at radius 1 is 1.03 bits per heavy atom. The summed E-state index contributed by atoms with van der Waals surface area (Å²) in [5.41, 5.74) is 4.45. The van der Waals surface area contributed by atoms with Crippen molar-refractivity contribution in [2.45, 2.75) is 32.7 Å². The van der Waals surface area contributed by atoms with Crippen molar-refractivity contribution >= 4 is 39.2 Å². The number of aryl methyl sites for hydroxylation is 1. The lowest BCUT2D eigenvalue weighted by Gasteiger charge is -2.17. The number of hydrogen-bond acceptors (Lipinski definition) is 4. The van der Waals surface area contributed by atoms with Crippen LogP contribution in [0.1, 0.15) is 40.4 Å². The van der Waals surface area contributed by atoms with Gasteiger partial charge in [0.1, 0.15) is 11.8 Å². The number of carbonyl (C=O) groups is 2. The number of benzene rings is 3. The number of aliphatic carboxylic acids is 1. The van der Waals surface area contributed by atoms with Crippen molar-refractivity contribution in [3.63, 3.8) is 0 Å². The van der Waals surface area contributed by atoms with Crippen molar-refractivity contribution in [3.8, 4) is 5.75 Å². The highest BCUT2D eigenvalue weighted by Gasteiger charge is 2.22. The van der Waals surface area contributed by atoms with Gasteiger partial charge in [-0.3, -0.25) is 4.79 Å². The molecule has 7 heteroatoms. The van der Waals surface area contributed by atoms with Crippen molar-refractivity contribution in [1.82, 2.24) is 5.32 Å². The Morgan fingerprint density at radius 3 is 2.35 bits per heavy atom. The molecule has 0 aromatic heterocycles. The van der Waals surface area contributed by atoms with Gasteiger partial charge in [0.2, 0.25) is 0 Å². The Labute approximate surface area is 207 Å². The zero-order valence-corrected chi connectivity index (χ0v) is 20.6. The summed E-state index contributed by atoms with van der Waals surface area (Å²) < 4.78 is 0.600. The second kappa shape index (κ2) is 11.5. The van der Waals surface area contributed by atoms with Crippen LogP contribution in [0.2, 0.25) is 0 Å². The number of amides is 1. The van der Waals surface area contributed by atoms with Crippen molar-refractivity contribution in [2.75, 3.05) is 5.32 Å². The van der Waals surface area contributed by atoms with E-state index >= 15 is 0 Å². The molecular weight excluding hydrogens is 496 g/mol. The summed E-state index contributed by atoms with van der Waals surface area (Å²) in [4.78, 5) is 24.3. The Kier molecular flexibility index (Phi) is 8.49. The zero-order valence-electron chi connectivity index (χ0n) is 19.0. The number of carboxylic acids is 1. The predicted octanol–water partition coefficient (Wildman–Crippen LogP) is 5.75. The van der Waals surface area contributed by atoms with E-state index in [0.29, 0.717) is 10.0 Å². The number of allylic oxidation sites excluding steroid dienone is 1. The van der Waals surface area contributed by atoms with Gasteiger partial charge in [-0.2, -0.15) is 0 Å². The average molecular weight is 523 g/mol. The molecule has 0 saturated carbocycles. The van der Waals surface area contributed by atoms with Crippen LogP contribution in [0, 0.1) is 6.92 Å². The lowest BCUT2D eigenvalue weighted by atomic mass is 10.0. The van der Waals surface area contributed by atoms with Gasteiger partial charge in [-0.25, -0.2) is 4.79 Å². The van der Waals surface area contributed by atoms with Gasteiger partial charge in [-0.15, -0.1) is 0 Å². The zero-order chi connectivity index (χ0) is 24.7. The minimum Gasteiger partial charge on any atom is -0.507 e. The summed E-state index contributed by atoms with van der Waals surface area (Å²) in [6.07, 6.45) is 2.93. The SMILES string of the molecule is CC/C=C(/Nc1ccc(CC(NC(=O)c2ccccc2Br)C(=O)O)cc1)c1c(C)cccc1O. The number of carbonyl (C=O) groups excluding carboxylic acids is 1. The fraction of sp³-hybridized carbons (Fsp3) is 0.185. The minimum atomic E-state index is -1.11. The average Bonchev–Trinajstić information content (AvgIpc) is 2.80. The molecule has 3 rings (SSSR count). The van der Waals surface area contributed by atoms with Crippen molar-refractivity contribution in [3.05, 3.63) is 99.5 Å². The Bertz CT molecular complexity index is 1190. The van der Waals surface area contributed by atoms with Crippen LogP contribution < -0.4 is 10.6 Å². The number of rotatable bonds is 9. The summed E-state index contributed by atoms with van der Waals surface area (Å²) in [6.45, 7) is 3.96. The van der Waals surface area contributed by atoms with E-state index in [0.717, 1.165) is 34.5 Å². The van der Waals surface area contributed by atoms with Gasteiger partial charge >= 0.3 is 5.97 Å². The van der Waals surface area contributed by atoms with E-state index in [1.807, 2.05) is 50.3 Å². The summed E-state index contributed by atoms with van der Waals surface area (Å²) in [7, 11) is 0. The molecule has 0 heterocycles. The molecule has 1 amide bonds. The number of phenols is 1. The van der Waals surface area contributed by atoms with Crippen LogP contribution in [-0.4, -0.2) is 28.1 Å². The van der Waals surface area contributed by atoms with Crippen LogP contribution >= 0.6 is 15.9 Å². The molecule has 1 atom stereocenters. The maximum Gasteiger partial charge on any atom is 0.326 e. The lowest BCUT2D eigenvalue weighted by Crippen LogP contribution is -2.42. The molecule has 3 aromatic rings. The Hall–Kier alpha value is -3.58. The van der Waals surface area contributed by atoms with Gasteiger partial charge in [0.05, 0.1) is 5.56 Å². The minimum absolute atomic E-state index is 0.141. The first-order valence-corrected chi connectivity index (χ1v) is 11.7. The van der Waals surface area contributed by atoms with Gasteiger partial charge in [-0.1, -0.05) is 49.4 Å². The van der Waals surface area contributed by atoms with Gasteiger partial charge in [0.25, 0.3) is 5.91 Å². The number of anilines is 1. The lowest BCUT2D eigenvalue weighted by molar-refractivity contribution is -0.139. The molecule has 3 aromatic carbocycles. The van der Waals surface area contributed by atoms with Gasteiger partial charge in [-0.05, 0) is 70.7 Å². The third-order valence-corrected chi connectivity index (χ3v) is 6.01.